The lowest BCUT2D eigenvalue weighted by atomic mass is 9.65. The van der Waals surface area contributed by atoms with Crippen molar-refractivity contribution >= 4 is 10.8 Å². The molecular weight excluding hydrogens is 659 g/mol. The van der Waals surface area contributed by atoms with Crippen LogP contribution in [0.4, 0.5) is 0 Å². The molecule has 0 fully saturated rings. The highest BCUT2D eigenvalue weighted by atomic mass is 16.5. The zero-order valence-electron chi connectivity index (χ0n) is 29.1. The quantitative estimate of drug-likeness (QED) is 0.185. The van der Waals surface area contributed by atoms with Crippen molar-refractivity contribution in [2.75, 3.05) is 0 Å². The van der Waals surface area contributed by atoms with Gasteiger partial charge in [0.1, 0.15) is 11.5 Å². The highest BCUT2D eigenvalue weighted by Gasteiger charge is 2.52. The van der Waals surface area contributed by atoms with Crippen molar-refractivity contribution in [3.05, 3.63) is 210 Å². The third-order valence-electron chi connectivity index (χ3n) is 11.0. The van der Waals surface area contributed by atoms with Crippen LogP contribution in [-0.4, -0.2) is 15.0 Å². The van der Waals surface area contributed by atoms with E-state index in [-0.39, 0.29) is 0 Å². The van der Waals surface area contributed by atoms with Gasteiger partial charge in [0.2, 0.25) is 0 Å². The monoisotopic (exact) mass is 689 g/mol. The molecule has 0 N–H and O–H groups in total. The van der Waals surface area contributed by atoms with Crippen molar-refractivity contribution in [2.24, 2.45) is 0 Å². The molecule has 2 aliphatic rings. The molecule has 0 bridgehead atoms. The molecule has 0 atom stereocenters. The second-order valence-corrected chi connectivity index (χ2v) is 13.9. The van der Waals surface area contributed by atoms with E-state index in [9.17, 15) is 0 Å². The van der Waals surface area contributed by atoms with Gasteiger partial charge in [0.15, 0.2) is 17.5 Å². The molecule has 0 radical (unpaired) electrons. The predicted molar refractivity (Wildman–Crippen MR) is 216 cm³/mol. The molecule has 1 spiro atoms. The van der Waals surface area contributed by atoms with Crippen molar-refractivity contribution in [3.8, 4) is 67.9 Å². The molecule has 11 rings (SSSR count). The van der Waals surface area contributed by atoms with Gasteiger partial charge in [-0.05, 0) is 56.3 Å². The molecule has 54 heavy (non-hydrogen) atoms. The maximum absolute atomic E-state index is 6.62. The second kappa shape index (κ2) is 11.9. The lowest BCUT2D eigenvalue weighted by Crippen LogP contribution is -2.32. The van der Waals surface area contributed by atoms with Crippen LogP contribution >= 0.6 is 0 Å². The second-order valence-electron chi connectivity index (χ2n) is 13.9. The number of aromatic nitrogens is 3. The van der Waals surface area contributed by atoms with Gasteiger partial charge >= 0.3 is 0 Å². The SMILES string of the molecule is c1ccc(-c2nc(-c3ccc(-c4cccc5ccccc45)cc3)nc(-c3cccc4c3C3(c5ccccc5Oc5ccccc53)c3ccccc3-4)n2)cc1. The Hall–Kier alpha value is -7.17. The van der Waals surface area contributed by atoms with Crippen LogP contribution in [0.15, 0.2) is 188 Å². The molecule has 0 unspecified atom stereocenters. The van der Waals surface area contributed by atoms with E-state index in [1.807, 2.05) is 30.3 Å². The van der Waals surface area contributed by atoms with Crippen molar-refractivity contribution in [2.45, 2.75) is 5.41 Å². The number of benzene rings is 8. The van der Waals surface area contributed by atoms with Gasteiger partial charge in [-0.3, -0.25) is 0 Å². The molecule has 8 aromatic carbocycles. The molecule has 9 aromatic rings. The van der Waals surface area contributed by atoms with Gasteiger partial charge in [-0.15, -0.1) is 0 Å². The van der Waals surface area contributed by atoms with Crippen LogP contribution in [0.3, 0.4) is 0 Å². The van der Waals surface area contributed by atoms with Crippen LogP contribution in [0, 0.1) is 0 Å². The summed E-state index contributed by atoms with van der Waals surface area (Å²) >= 11 is 0. The molecular formula is C50H31N3O. The average molecular weight is 690 g/mol. The smallest absolute Gasteiger partial charge is 0.164 e. The van der Waals surface area contributed by atoms with E-state index in [0.29, 0.717) is 17.5 Å². The van der Waals surface area contributed by atoms with Crippen molar-refractivity contribution in [1.82, 2.24) is 15.0 Å². The number of hydrogen-bond donors (Lipinski definition) is 0. The largest absolute Gasteiger partial charge is 0.457 e. The molecule has 1 aliphatic carbocycles. The first-order chi connectivity index (χ1) is 26.8. The Morgan fingerprint density at radius 1 is 0.333 bits per heavy atom. The molecule has 1 aromatic heterocycles. The summed E-state index contributed by atoms with van der Waals surface area (Å²) in [6.45, 7) is 0. The van der Waals surface area contributed by atoms with E-state index < -0.39 is 5.41 Å². The minimum absolute atomic E-state index is 0.623. The van der Waals surface area contributed by atoms with Gasteiger partial charge in [-0.25, -0.2) is 15.0 Å². The summed E-state index contributed by atoms with van der Waals surface area (Å²) in [7, 11) is 0. The fraction of sp³-hybridized carbons (Fsp3) is 0.0200. The maximum atomic E-state index is 6.62. The Kier molecular flexibility index (Phi) is 6.73. The summed E-state index contributed by atoms with van der Waals surface area (Å²) in [6, 6.07) is 66.0. The predicted octanol–water partition coefficient (Wildman–Crippen LogP) is 12.2. The topological polar surface area (TPSA) is 47.9 Å². The zero-order valence-corrected chi connectivity index (χ0v) is 29.1. The lowest BCUT2D eigenvalue weighted by Gasteiger charge is -2.40. The number of ether oxygens (including phenoxy) is 1. The number of para-hydroxylation sites is 2. The van der Waals surface area contributed by atoms with Gasteiger partial charge in [0.05, 0.1) is 5.41 Å². The van der Waals surface area contributed by atoms with E-state index >= 15 is 0 Å². The zero-order chi connectivity index (χ0) is 35.6. The van der Waals surface area contributed by atoms with Crippen molar-refractivity contribution in [3.63, 3.8) is 0 Å². The Morgan fingerprint density at radius 3 is 1.59 bits per heavy atom. The fourth-order valence-corrected chi connectivity index (χ4v) is 8.72. The summed E-state index contributed by atoms with van der Waals surface area (Å²) in [5, 5.41) is 2.45. The summed E-state index contributed by atoms with van der Waals surface area (Å²) in [6.07, 6.45) is 0. The van der Waals surface area contributed by atoms with Gasteiger partial charge < -0.3 is 4.74 Å². The Labute approximate surface area is 313 Å². The van der Waals surface area contributed by atoms with E-state index in [4.69, 9.17) is 19.7 Å². The van der Waals surface area contributed by atoms with E-state index in [2.05, 4.69) is 158 Å². The first-order valence-corrected chi connectivity index (χ1v) is 18.3. The molecule has 0 saturated heterocycles. The van der Waals surface area contributed by atoms with Crippen molar-refractivity contribution < 1.29 is 4.74 Å². The van der Waals surface area contributed by atoms with E-state index in [0.717, 1.165) is 56.0 Å². The third-order valence-corrected chi connectivity index (χ3v) is 11.0. The summed E-state index contributed by atoms with van der Waals surface area (Å²) in [5.74, 6) is 3.58. The first-order valence-electron chi connectivity index (χ1n) is 18.3. The number of fused-ring (bicyclic) bond motifs is 10. The molecule has 4 heteroatoms. The number of hydrogen-bond acceptors (Lipinski definition) is 4. The van der Waals surface area contributed by atoms with Crippen LogP contribution < -0.4 is 4.74 Å². The van der Waals surface area contributed by atoms with Gasteiger partial charge in [0.25, 0.3) is 0 Å². The van der Waals surface area contributed by atoms with Gasteiger partial charge in [-0.1, -0.05) is 176 Å². The molecule has 1 aliphatic heterocycles. The molecule has 2 heterocycles. The highest BCUT2D eigenvalue weighted by molar-refractivity contribution is 5.97. The summed E-state index contributed by atoms with van der Waals surface area (Å²) < 4.78 is 6.62. The van der Waals surface area contributed by atoms with Gasteiger partial charge in [0, 0.05) is 27.8 Å². The lowest BCUT2D eigenvalue weighted by molar-refractivity contribution is 0.436. The first kappa shape index (κ1) is 30.5. The van der Waals surface area contributed by atoms with Crippen LogP contribution in [0.1, 0.15) is 22.3 Å². The third kappa shape index (κ3) is 4.47. The minimum Gasteiger partial charge on any atom is -0.457 e. The highest BCUT2D eigenvalue weighted by Crippen LogP contribution is 2.63. The number of rotatable bonds is 4. The number of nitrogens with zero attached hydrogens (tertiary/aromatic N) is 3. The molecule has 4 nitrogen and oxygen atoms in total. The van der Waals surface area contributed by atoms with Crippen LogP contribution in [0.25, 0.3) is 67.2 Å². The van der Waals surface area contributed by atoms with Crippen LogP contribution in [0.2, 0.25) is 0 Å². The fourth-order valence-electron chi connectivity index (χ4n) is 8.72. The average Bonchev–Trinajstić information content (AvgIpc) is 3.54. The summed E-state index contributed by atoms with van der Waals surface area (Å²) in [5.41, 5.74) is 11.4. The Balaban J connectivity index is 1.15. The summed E-state index contributed by atoms with van der Waals surface area (Å²) in [4.78, 5) is 15.7. The molecule has 0 amide bonds. The van der Waals surface area contributed by atoms with Crippen LogP contribution in [-0.2, 0) is 5.41 Å². The van der Waals surface area contributed by atoms with Gasteiger partial charge in [-0.2, -0.15) is 0 Å². The normalized spacial score (nSPS) is 13.1. The molecule has 252 valence electrons. The Bertz CT molecular complexity index is 2870. The minimum atomic E-state index is -0.659. The maximum Gasteiger partial charge on any atom is 0.164 e. The van der Waals surface area contributed by atoms with E-state index in [1.165, 1.54) is 27.5 Å². The van der Waals surface area contributed by atoms with Crippen molar-refractivity contribution in [1.29, 1.82) is 0 Å². The van der Waals surface area contributed by atoms with Crippen LogP contribution in [0.5, 0.6) is 11.5 Å². The Morgan fingerprint density at radius 2 is 0.833 bits per heavy atom. The standard InChI is InChI=1S/C50H31N3O/c1-2-15-34(16-3-1)47-51-48(35-30-28-33(29-31-35)37-20-12-17-32-14-4-5-18-36(32)37)53-49(52-47)40-22-13-21-39-38-19-6-7-23-41(38)50(46(39)40)42-24-8-10-26-44(42)54-45-27-11-9-25-43(45)50/h1-31H. The molecule has 0 saturated carbocycles. The van der Waals surface area contributed by atoms with E-state index in [1.54, 1.807) is 0 Å².